The minimum absolute atomic E-state index is 0.339. The molecule has 0 radical (unpaired) electrons. The van der Waals surface area contributed by atoms with Crippen molar-refractivity contribution in [2.24, 2.45) is 5.92 Å². The fourth-order valence-corrected chi connectivity index (χ4v) is 2.44. The number of carbonyl (C=O) groups excluding carboxylic acids is 1. The lowest BCUT2D eigenvalue weighted by Crippen LogP contribution is -2.30. The highest BCUT2D eigenvalue weighted by atomic mass is 19.1. The molecular formula is C14H18FNO2. The van der Waals surface area contributed by atoms with Gasteiger partial charge in [-0.15, -0.1) is 0 Å². The molecule has 0 spiro atoms. The number of anilines is 1. The Morgan fingerprint density at radius 2 is 2.17 bits per heavy atom. The van der Waals surface area contributed by atoms with Crippen molar-refractivity contribution < 1.29 is 13.9 Å². The molecule has 0 N–H and O–H groups in total. The second kappa shape index (κ2) is 5.96. The molecule has 18 heavy (non-hydrogen) atoms. The van der Waals surface area contributed by atoms with Crippen LogP contribution in [0.15, 0.2) is 18.2 Å². The number of halogens is 1. The lowest BCUT2D eigenvalue weighted by molar-refractivity contribution is 0.0685. The van der Waals surface area contributed by atoms with Gasteiger partial charge in [-0.25, -0.2) is 4.39 Å². The Labute approximate surface area is 107 Å². The van der Waals surface area contributed by atoms with Gasteiger partial charge in [0, 0.05) is 32.4 Å². The Balaban J connectivity index is 2.12. The van der Waals surface area contributed by atoms with Crippen LogP contribution < -0.4 is 4.90 Å². The SMILES string of the molecule is CN(CC1CCOCC1)c1c(F)cccc1C=O. The van der Waals surface area contributed by atoms with E-state index in [0.29, 0.717) is 23.5 Å². The third-order valence-corrected chi connectivity index (χ3v) is 3.40. The minimum Gasteiger partial charge on any atom is -0.381 e. The number of carbonyl (C=O) groups is 1. The highest BCUT2D eigenvalue weighted by molar-refractivity contribution is 5.84. The first kappa shape index (κ1) is 13.0. The zero-order valence-corrected chi connectivity index (χ0v) is 10.6. The molecule has 0 amide bonds. The van der Waals surface area contributed by atoms with Crippen LogP contribution in [0.5, 0.6) is 0 Å². The van der Waals surface area contributed by atoms with Crippen molar-refractivity contribution in [1.29, 1.82) is 0 Å². The van der Waals surface area contributed by atoms with Crippen molar-refractivity contribution in [1.82, 2.24) is 0 Å². The van der Waals surface area contributed by atoms with Crippen LogP contribution in [0.4, 0.5) is 10.1 Å². The van der Waals surface area contributed by atoms with Crippen LogP contribution >= 0.6 is 0 Å². The summed E-state index contributed by atoms with van der Waals surface area (Å²) in [6.45, 7) is 2.30. The van der Waals surface area contributed by atoms with Gasteiger partial charge in [-0.3, -0.25) is 4.79 Å². The molecule has 0 unspecified atom stereocenters. The van der Waals surface area contributed by atoms with E-state index in [2.05, 4.69) is 0 Å². The molecule has 0 bridgehead atoms. The third kappa shape index (κ3) is 2.88. The fraction of sp³-hybridized carbons (Fsp3) is 0.500. The Hall–Kier alpha value is -1.42. The van der Waals surface area contributed by atoms with E-state index in [9.17, 15) is 9.18 Å². The number of aldehydes is 1. The second-order valence-corrected chi connectivity index (χ2v) is 4.73. The molecule has 4 heteroatoms. The van der Waals surface area contributed by atoms with Crippen LogP contribution in [0.1, 0.15) is 23.2 Å². The summed E-state index contributed by atoms with van der Waals surface area (Å²) in [6, 6.07) is 4.60. The van der Waals surface area contributed by atoms with Crippen molar-refractivity contribution in [2.45, 2.75) is 12.8 Å². The lowest BCUT2D eigenvalue weighted by Gasteiger charge is -2.29. The Morgan fingerprint density at radius 3 is 2.83 bits per heavy atom. The Morgan fingerprint density at radius 1 is 1.44 bits per heavy atom. The summed E-state index contributed by atoms with van der Waals surface area (Å²) in [5.74, 6) is 0.164. The number of para-hydroxylation sites is 1. The Bertz CT molecular complexity index is 416. The summed E-state index contributed by atoms with van der Waals surface area (Å²) in [7, 11) is 1.83. The number of ether oxygens (including phenoxy) is 1. The summed E-state index contributed by atoms with van der Waals surface area (Å²) >= 11 is 0. The molecule has 3 nitrogen and oxygen atoms in total. The summed E-state index contributed by atoms with van der Waals surface area (Å²) in [5.41, 5.74) is 0.809. The molecule has 1 aromatic rings. The largest absolute Gasteiger partial charge is 0.381 e. The van der Waals surface area contributed by atoms with Crippen LogP contribution in [0.3, 0.4) is 0 Å². The van der Waals surface area contributed by atoms with Crippen LogP contribution in [-0.2, 0) is 4.74 Å². The maximum Gasteiger partial charge on any atom is 0.152 e. The van der Waals surface area contributed by atoms with E-state index in [4.69, 9.17) is 4.74 Å². The van der Waals surface area contributed by atoms with Crippen molar-refractivity contribution in [3.05, 3.63) is 29.6 Å². The van der Waals surface area contributed by atoms with Crippen molar-refractivity contribution in [2.75, 3.05) is 31.7 Å². The van der Waals surface area contributed by atoms with Crippen molar-refractivity contribution >= 4 is 12.0 Å². The van der Waals surface area contributed by atoms with E-state index >= 15 is 0 Å². The van der Waals surface area contributed by atoms with E-state index < -0.39 is 0 Å². The molecule has 1 aliphatic rings. The zero-order valence-electron chi connectivity index (χ0n) is 10.6. The van der Waals surface area contributed by atoms with E-state index in [1.54, 1.807) is 12.1 Å². The third-order valence-electron chi connectivity index (χ3n) is 3.40. The van der Waals surface area contributed by atoms with Gasteiger partial charge in [0.1, 0.15) is 5.82 Å². The standard InChI is InChI=1S/C14H18FNO2/c1-16(9-11-5-7-18-8-6-11)14-12(10-17)3-2-4-13(14)15/h2-4,10-11H,5-9H2,1H3. The summed E-state index contributed by atoms with van der Waals surface area (Å²) in [6.07, 6.45) is 2.70. The molecule has 1 aliphatic heterocycles. The summed E-state index contributed by atoms with van der Waals surface area (Å²) in [4.78, 5) is 12.8. The Kier molecular flexibility index (Phi) is 4.31. The number of hydrogen-bond donors (Lipinski definition) is 0. The highest BCUT2D eigenvalue weighted by Crippen LogP contribution is 2.25. The van der Waals surface area contributed by atoms with E-state index in [-0.39, 0.29) is 5.82 Å². The molecule has 0 aromatic heterocycles. The predicted octanol–water partition coefficient (Wildman–Crippen LogP) is 2.50. The van der Waals surface area contributed by atoms with Gasteiger partial charge >= 0.3 is 0 Å². The van der Waals surface area contributed by atoms with Gasteiger partial charge in [0.05, 0.1) is 5.69 Å². The van der Waals surface area contributed by atoms with Gasteiger partial charge in [-0.05, 0) is 30.9 Å². The fourth-order valence-electron chi connectivity index (χ4n) is 2.44. The zero-order chi connectivity index (χ0) is 13.0. The van der Waals surface area contributed by atoms with Gasteiger partial charge in [0.25, 0.3) is 0 Å². The first-order valence-corrected chi connectivity index (χ1v) is 6.25. The van der Waals surface area contributed by atoms with E-state index in [1.807, 2.05) is 11.9 Å². The average Bonchev–Trinajstić information content (AvgIpc) is 2.39. The van der Waals surface area contributed by atoms with Crippen LogP contribution in [0.25, 0.3) is 0 Å². The quantitative estimate of drug-likeness (QED) is 0.770. The smallest absolute Gasteiger partial charge is 0.152 e. The van der Waals surface area contributed by atoms with Crippen LogP contribution in [0, 0.1) is 11.7 Å². The molecule has 0 atom stereocenters. The maximum absolute atomic E-state index is 13.8. The normalized spacial score (nSPS) is 16.6. The first-order chi connectivity index (χ1) is 8.72. The molecule has 1 aromatic carbocycles. The molecule has 1 saturated heterocycles. The number of rotatable bonds is 4. The van der Waals surface area contributed by atoms with E-state index in [0.717, 1.165) is 32.6 Å². The van der Waals surface area contributed by atoms with Gasteiger partial charge in [-0.2, -0.15) is 0 Å². The van der Waals surface area contributed by atoms with Gasteiger partial charge in [-0.1, -0.05) is 6.07 Å². The number of nitrogens with zero attached hydrogens (tertiary/aromatic N) is 1. The topological polar surface area (TPSA) is 29.5 Å². The van der Waals surface area contributed by atoms with Crippen LogP contribution in [0.2, 0.25) is 0 Å². The van der Waals surface area contributed by atoms with Crippen molar-refractivity contribution in [3.8, 4) is 0 Å². The maximum atomic E-state index is 13.8. The second-order valence-electron chi connectivity index (χ2n) is 4.73. The predicted molar refractivity (Wildman–Crippen MR) is 68.6 cm³/mol. The molecule has 2 rings (SSSR count). The van der Waals surface area contributed by atoms with Gasteiger partial charge in [0.15, 0.2) is 6.29 Å². The monoisotopic (exact) mass is 251 g/mol. The van der Waals surface area contributed by atoms with Crippen LogP contribution in [-0.4, -0.2) is 33.1 Å². The average molecular weight is 251 g/mol. The highest BCUT2D eigenvalue weighted by Gasteiger charge is 2.19. The molecule has 0 aliphatic carbocycles. The first-order valence-electron chi connectivity index (χ1n) is 6.25. The molecule has 1 heterocycles. The lowest BCUT2D eigenvalue weighted by atomic mass is 9.99. The molecule has 1 fully saturated rings. The van der Waals surface area contributed by atoms with Gasteiger partial charge in [0.2, 0.25) is 0 Å². The van der Waals surface area contributed by atoms with Crippen molar-refractivity contribution in [3.63, 3.8) is 0 Å². The number of benzene rings is 1. The number of hydrogen-bond acceptors (Lipinski definition) is 3. The summed E-state index contributed by atoms with van der Waals surface area (Å²) in [5, 5.41) is 0. The molecule has 98 valence electrons. The minimum atomic E-state index is -0.339. The molecule has 0 saturated carbocycles. The van der Waals surface area contributed by atoms with Gasteiger partial charge < -0.3 is 9.64 Å². The van der Waals surface area contributed by atoms with E-state index in [1.165, 1.54) is 6.07 Å². The molecular weight excluding hydrogens is 233 g/mol. The summed E-state index contributed by atoms with van der Waals surface area (Å²) < 4.78 is 19.1.